The fourth-order valence-corrected chi connectivity index (χ4v) is 5.18. The molecule has 1 aromatic heterocycles. The Labute approximate surface area is 231 Å². The van der Waals surface area contributed by atoms with Crippen molar-refractivity contribution in [3.63, 3.8) is 0 Å². The van der Waals surface area contributed by atoms with E-state index in [1.165, 1.54) is 23.8 Å². The Hall–Kier alpha value is -3.53. The first-order valence-electron chi connectivity index (χ1n) is 13.0. The van der Waals surface area contributed by atoms with Crippen molar-refractivity contribution < 1.29 is 19.1 Å². The maximum absolute atomic E-state index is 15.0. The third kappa shape index (κ3) is 6.21. The average molecular weight is 552 g/mol. The molecule has 2 fully saturated rings. The van der Waals surface area contributed by atoms with Gasteiger partial charge in [-0.2, -0.15) is 0 Å². The molecule has 2 aliphatic rings. The summed E-state index contributed by atoms with van der Waals surface area (Å²) in [5, 5.41) is 16.1. The van der Waals surface area contributed by atoms with Crippen molar-refractivity contribution in [3.05, 3.63) is 89.0 Å². The summed E-state index contributed by atoms with van der Waals surface area (Å²) in [6, 6.07) is 13.2. The van der Waals surface area contributed by atoms with E-state index in [4.69, 9.17) is 17.3 Å². The third-order valence-electron chi connectivity index (χ3n) is 7.50. The number of carbonyl (C=O) groups excluding carboxylic acids is 2. The van der Waals surface area contributed by atoms with Gasteiger partial charge in [-0.25, -0.2) is 9.18 Å². The van der Waals surface area contributed by atoms with Crippen LogP contribution in [0.4, 0.5) is 20.6 Å². The van der Waals surface area contributed by atoms with Gasteiger partial charge in [0, 0.05) is 36.1 Å². The fraction of sp³-hybridized carbons (Fsp3) is 0.345. The van der Waals surface area contributed by atoms with Gasteiger partial charge in [-0.05, 0) is 72.4 Å². The highest BCUT2D eigenvalue weighted by Gasteiger charge is 2.40. The number of urea groups is 1. The van der Waals surface area contributed by atoms with E-state index >= 15 is 0 Å². The van der Waals surface area contributed by atoms with Gasteiger partial charge in [-0.3, -0.25) is 9.78 Å². The highest BCUT2D eigenvalue weighted by molar-refractivity contribution is 6.30. The second-order valence-electron chi connectivity index (χ2n) is 10.4. The topological polar surface area (TPSA) is 121 Å². The van der Waals surface area contributed by atoms with Gasteiger partial charge in [0.25, 0.3) is 0 Å². The van der Waals surface area contributed by atoms with Gasteiger partial charge in [-0.1, -0.05) is 36.6 Å². The van der Waals surface area contributed by atoms with Gasteiger partial charge in [0.1, 0.15) is 11.9 Å². The van der Waals surface area contributed by atoms with Crippen LogP contribution in [0.2, 0.25) is 5.02 Å². The first-order valence-corrected chi connectivity index (χ1v) is 13.4. The van der Waals surface area contributed by atoms with E-state index < -0.39 is 35.4 Å². The lowest BCUT2D eigenvalue weighted by molar-refractivity contribution is -0.119. The standard InChI is InChI=1S/C29H31ClFN5O3/c30-21-6-8-22(9-7-21)34-28(39)36-17-23(37)15-26(36)27(38)35-25-14-19(5-10-24(25)31)29(32,12-11-18-3-4-18)20-2-1-13-33-16-20/h1-2,5-10,13-14,16,18,23,26,37H,3-4,11-12,15,17,32H2,(H,34,39)(H,35,38). The lowest BCUT2D eigenvalue weighted by Gasteiger charge is -2.31. The summed E-state index contributed by atoms with van der Waals surface area (Å²) in [6.07, 6.45) is 6.47. The largest absolute Gasteiger partial charge is 0.391 e. The fourth-order valence-electron chi connectivity index (χ4n) is 5.05. The number of aliphatic hydroxyl groups excluding tert-OH is 1. The zero-order valence-electron chi connectivity index (χ0n) is 21.3. The Bertz CT molecular complexity index is 1340. The van der Waals surface area contributed by atoms with E-state index in [1.807, 2.05) is 12.1 Å². The summed E-state index contributed by atoms with van der Waals surface area (Å²) in [6.45, 7) is -0.0336. The Morgan fingerprint density at radius 3 is 2.59 bits per heavy atom. The zero-order chi connectivity index (χ0) is 27.6. The molecule has 3 atom stereocenters. The third-order valence-corrected chi connectivity index (χ3v) is 7.75. The van der Waals surface area contributed by atoms with Gasteiger partial charge in [0.05, 0.1) is 17.3 Å². The number of halogens is 2. The van der Waals surface area contributed by atoms with Crippen LogP contribution in [0, 0.1) is 11.7 Å². The van der Waals surface area contributed by atoms with E-state index in [0.29, 0.717) is 28.6 Å². The zero-order valence-corrected chi connectivity index (χ0v) is 22.1. The van der Waals surface area contributed by atoms with Crippen LogP contribution in [0.25, 0.3) is 0 Å². The smallest absolute Gasteiger partial charge is 0.322 e. The number of hydrogen-bond acceptors (Lipinski definition) is 5. The monoisotopic (exact) mass is 551 g/mol. The number of carbonyl (C=O) groups is 2. The number of amides is 3. The Morgan fingerprint density at radius 2 is 1.90 bits per heavy atom. The molecule has 0 bridgehead atoms. The summed E-state index contributed by atoms with van der Waals surface area (Å²) < 4.78 is 15.0. The lowest BCUT2D eigenvalue weighted by atomic mass is 9.80. The number of anilines is 2. The molecule has 1 aliphatic heterocycles. The number of nitrogens with two attached hydrogens (primary N) is 1. The molecule has 5 N–H and O–H groups in total. The first kappa shape index (κ1) is 27.1. The van der Waals surface area contributed by atoms with Crippen molar-refractivity contribution in [2.24, 2.45) is 11.7 Å². The molecule has 0 spiro atoms. The number of likely N-dealkylation sites (tertiary alicyclic amines) is 1. The summed E-state index contributed by atoms with van der Waals surface area (Å²) in [5.41, 5.74) is 7.96. The molecule has 5 rings (SSSR count). The quantitative estimate of drug-likeness (QED) is 0.318. The van der Waals surface area contributed by atoms with Crippen molar-refractivity contribution in [1.29, 1.82) is 0 Å². The maximum atomic E-state index is 15.0. The summed E-state index contributed by atoms with van der Waals surface area (Å²) >= 11 is 5.91. The SMILES string of the molecule is NC(CCC1CC1)(c1cccnc1)c1ccc(F)c(NC(=O)C2CC(O)CN2C(=O)Nc2ccc(Cl)cc2)c1. The number of benzene rings is 2. The van der Waals surface area contributed by atoms with Crippen LogP contribution in [-0.4, -0.2) is 45.6 Å². The number of aromatic nitrogens is 1. The van der Waals surface area contributed by atoms with Crippen LogP contribution in [-0.2, 0) is 10.3 Å². The van der Waals surface area contributed by atoms with Crippen molar-refractivity contribution in [2.75, 3.05) is 17.2 Å². The normalized spacial score (nSPS) is 20.4. The van der Waals surface area contributed by atoms with Crippen LogP contribution in [0.1, 0.15) is 43.2 Å². The molecule has 3 unspecified atom stereocenters. The molecule has 3 aromatic rings. The number of aliphatic hydroxyl groups is 1. The van der Waals surface area contributed by atoms with Crippen LogP contribution in [0.3, 0.4) is 0 Å². The van der Waals surface area contributed by atoms with E-state index in [2.05, 4.69) is 15.6 Å². The lowest BCUT2D eigenvalue weighted by Crippen LogP contribution is -2.45. The van der Waals surface area contributed by atoms with Gasteiger partial charge in [0.15, 0.2) is 0 Å². The van der Waals surface area contributed by atoms with E-state index in [9.17, 15) is 19.1 Å². The number of rotatable bonds is 8. The predicted molar refractivity (Wildman–Crippen MR) is 148 cm³/mol. The van der Waals surface area contributed by atoms with Crippen LogP contribution in [0.15, 0.2) is 67.0 Å². The van der Waals surface area contributed by atoms with Crippen molar-refractivity contribution in [1.82, 2.24) is 9.88 Å². The molecular weight excluding hydrogens is 521 g/mol. The molecule has 204 valence electrons. The molecular formula is C29H31ClFN5O3. The predicted octanol–water partition coefficient (Wildman–Crippen LogP) is 4.87. The number of pyridine rings is 1. The minimum absolute atomic E-state index is 0.0269. The highest BCUT2D eigenvalue weighted by atomic mass is 35.5. The Morgan fingerprint density at radius 1 is 1.13 bits per heavy atom. The minimum atomic E-state index is -0.994. The van der Waals surface area contributed by atoms with Crippen LogP contribution < -0.4 is 16.4 Å². The van der Waals surface area contributed by atoms with E-state index in [1.54, 1.807) is 48.8 Å². The van der Waals surface area contributed by atoms with Crippen molar-refractivity contribution in [2.45, 2.75) is 49.8 Å². The first-order chi connectivity index (χ1) is 18.7. The van der Waals surface area contributed by atoms with Gasteiger partial charge in [-0.15, -0.1) is 0 Å². The number of β-amino-alcohol motifs (C(OH)–C–C–N with tert-alkyl or cyclic N) is 1. The Kier molecular flexibility index (Phi) is 7.83. The van der Waals surface area contributed by atoms with E-state index in [-0.39, 0.29) is 18.7 Å². The molecule has 10 heteroatoms. The molecule has 1 saturated carbocycles. The summed E-state index contributed by atoms with van der Waals surface area (Å²) in [4.78, 5) is 31.7. The maximum Gasteiger partial charge on any atom is 0.322 e. The summed E-state index contributed by atoms with van der Waals surface area (Å²) in [5.74, 6) is -0.586. The van der Waals surface area contributed by atoms with Gasteiger partial charge >= 0.3 is 6.03 Å². The second kappa shape index (κ2) is 11.3. The molecule has 3 amide bonds. The van der Waals surface area contributed by atoms with E-state index in [0.717, 1.165) is 12.0 Å². The summed E-state index contributed by atoms with van der Waals surface area (Å²) in [7, 11) is 0. The molecule has 2 heterocycles. The average Bonchev–Trinajstić information content (AvgIpc) is 3.69. The molecule has 0 radical (unpaired) electrons. The van der Waals surface area contributed by atoms with Gasteiger partial charge in [0.2, 0.25) is 5.91 Å². The minimum Gasteiger partial charge on any atom is -0.391 e. The number of nitrogens with zero attached hydrogens (tertiary/aromatic N) is 2. The molecule has 2 aromatic carbocycles. The molecule has 39 heavy (non-hydrogen) atoms. The van der Waals surface area contributed by atoms with Gasteiger partial charge < -0.3 is 26.4 Å². The Balaban J connectivity index is 1.36. The number of hydrogen-bond donors (Lipinski definition) is 4. The number of nitrogens with one attached hydrogen (secondary N) is 2. The van der Waals surface area contributed by atoms with Crippen LogP contribution in [0.5, 0.6) is 0 Å². The van der Waals surface area contributed by atoms with Crippen LogP contribution >= 0.6 is 11.6 Å². The molecule has 8 nitrogen and oxygen atoms in total. The molecule has 1 aliphatic carbocycles. The second-order valence-corrected chi connectivity index (χ2v) is 10.8. The van der Waals surface area contributed by atoms with Crippen molar-refractivity contribution >= 4 is 34.9 Å². The highest BCUT2D eigenvalue weighted by Crippen LogP contribution is 2.40. The molecule has 1 saturated heterocycles. The van der Waals surface area contributed by atoms with Crippen molar-refractivity contribution in [3.8, 4) is 0 Å².